The first kappa shape index (κ1) is 22.4. The number of aryl methyl sites for hydroxylation is 1. The van der Waals surface area contributed by atoms with Gasteiger partial charge < -0.3 is 20.3 Å². The second kappa shape index (κ2) is 9.76. The van der Waals surface area contributed by atoms with Crippen LogP contribution in [0.15, 0.2) is 84.6 Å². The van der Waals surface area contributed by atoms with Gasteiger partial charge in [-0.05, 0) is 55.5 Å². The topological polar surface area (TPSA) is 107 Å². The van der Waals surface area contributed by atoms with Crippen LogP contribution in [-0.4, -0.2) is 21.5 Å². The molecule has 0 aliphatic carbocycles. The van der Waals surface area contributed by atoms with Gasteiger partial charge in [0.1, 0.15) is 23.9 Å². The highest BCUT2D eigenvalue weighted by Gasteiger charge is 2.14. The minimum Gasteiger partial charge on any atom is -0.508 e. The molecule has 0 atom stereocenters. The standard InChI is InChI=1S/C27H22N4O3/c1-18-6-8-21(9-7-18)29-26(33)17-31-16-20(24-4-2-3-5-25(24)31)14-19(15-28)27(34)30-22-10-12-23(32)13-11-22/h2-14,16,32H,17H2,1H3,(H,29,33)(H,30,34)/b19-14-. The monoisotopic (exact) mass is 450 g/mol. The number of amides is 2. The van der Waals surface area contributed by atoms with E-state index in [2.05, 4.69) is 10.6 Å². The molecule has 1 heterocycles. The molecule has 0 unspecified atom stereocenters. The van der Waals surface area contributed by atoms with Gasteiger partial charge in [0.15, 0.2) is 0 Å². The number of rotatable bonds is 6. The molecule has 3 aromatic carbocycles. The van der Waals surface area contributed by atoms with Gasteiger partial charge in [0.25, 0.3) is 5.91 Å². The Kier molecular flexibility index (Phi) is 6.42. The highest BCUT2D eigenvalue weighted by Crippen LogP contribution is 2.24. The predicted molar refractivity (Wildman–Crippen MR) is 132 cm³/mol. The van der Waals surface area contributed by atoms with Crippen molar-refractivity contribution in [3.8, 4) is 11.8 Å². The molecule has 0 spiro atoms. The summed E-state index contributed by atoms with van der Waals surface area (Å²) in [5.41, 5.74) is 3.65. The summed E-state index contributed by atoms with van der Waals surface area (Å²) < 4.78 is 1.79. The maximum absolute atomic E-state index is 12.7. The zero-order valence-corrected chi connectivity index (χ0v) is 18.4. The van der Waals surface area contributed by atoms with Crippen molar-refractivity contribution in [3.05, 3.63) is 95.7 Å². The fourth-order valence-electron chi connectivity index (χ4n) is 3.56. The molecular weight excluding hydrogens is 428 g/mol. The first-order chi connectivity index (χ1) is 16.4. The van der Waals surface area contributed by atoms with Crippen molar-refractivity contribution in [2.45, 2.75) is 13.5 Å². The molecule has 34 heavy (non-hydrogen) atoms. The van der Waals surface area contributed by atoms with E-state index in [9.17, 15) is 20.0 Å². The summed E-state index contributed by atoms with van der Waals surface area (Å²) in [4.78, 5) is 25.3. The number of phenols is 1. The average Bonchev–Trinajstić information content (AvgIpc) is 3.17. The number of nitriles is 1. The molecule has 4 rings (SSSR count). The van der Waals surface area contributed by atoms with Crippen LogP contribution in [0.4, 0.5) is 11.4 Å². The first-order valence-corrected chi connectivity index (χ1v) is 10.6. The zero-order chi connectivity index (χ0) is 24.1. The Hall–Kier alpha value is -4.83. The molecule has 4 aromatic rings. The summed E-state index contributed by atoms with van der Waals surface area (Å²) in [6, 6.07) is 23.0. The molecular formula is C27H22N4O3. The van der Waals surface area contributed by atoms with Crippen molar-refractivity contribution in [2.24, 2.45) is 0 Å². The molecule has 168 valence electrons. The summed E-state index contributed by atoms with van der Waals surface area (Å²) in [6.07, 6.45) is 3.26. The summed E-state index contributed by atoms with van der Waals surface area (Å²) in [6.45, 7) is 2.05. The van der Waals surface area contributed by atoms with E-state index in [1.165, 1.54) is 18.2 Å². The van der Waals surface area contributed by atoms with Gasteiger partial charge in [-0.25, -0.2) is 0 Å². The van der Waals surface area contributed by atoms with E-state index in [0.29, 0.717) is 16.9 Å². The minimum atomic E-state index is -0.567. The quantitative estimate of drug-likeness (QED) is 0.222. The lowest BCUT2D eigenvalue weighted by Crippen LogP contribution is -2.18. The van der Waals surface area contributed by atoms with Gasteiger partial charge in [0.05, 0.1) is 0 Å². The van der Waals surface area contributed by atoms with Crippen molar-refractivity contribution in [2.75, 3.05) is 10.6 Å². The lowest BCUT2D eigenvalue weighted by atomic mass is 10.1. The number of benzene rings is 3. The number of anilines is 2. The zero-order valence-electron chi connectivity index (χ0n) is 18.4. The van der Waals surface area contributed by atoms with Crippen LogP contribution in [0.2, 0.25) is 0 Å². The molecule has 0 fully saturated rings. The van der Waals surface area contributed by atoms with E-state index >= 15 is 0 Å². The number of aromatic hydroxyl groups is 1. The van der Waals surface area contributed by atoms with Crippen LogP contribution in [-0.2, 0) is 16.1 Å². The highest BCUT2D eigenvalue weighted by molar-refractivity contribution is 6.10. The van der Waals surface area contributed by atoms with Gasteiger partial charge >= 0.3 is 0 Å². The number of hydrogen-bond acceptors (Lipinski definition) is 4. The number of para-hydroxylation sites is 1. The number of nitrogens with zero attached hydrogens (tertiary/aromatic N) is 2. The maximum atomic E-state index is 12.7. The number of phenolic OH excluding ortho intramolecular Hbond substituents is 1. The van der Waals surface area contributed by atoms with Crippen molar-refractivity contribution in [3.63, 3.8) is 0 Å². The SMILES string of the molecule is Cc1ccc(NC(=O)Cn2cc(/C=C(/C#N)C(=O)Nc3ccc(O)cc3)c3ccccc32)cc1. The molecule has 7 nitrogen and oxygen atoms in total. The van der Waals surface area contributed by atoms with E-state index < -0.39 is 5.91 Å². The van der Waals surface area contributed by atoms with Gasteiger partial charge in [0, 0.05) is 34.0 Å². The fraction of sp³-hybridized carbons (Fsp3) is 0.0741. The van der Waals surface area contributed by atoms with Gasteiger partial charge in [-0.15, -0.1) is 0 Å². The molecule has 7 heteroatoms. The molecule has 0 aliphatic rings. The molecule has 3 N–H and O–H groups in total. The second-order valence-corrected chi connectivity index (χ2v) is 7.81. The number of nitrogens with one attached hydrogen (secondary N) is 2. The number of aromatic nitrogens is 1. The summed E-state index contributed by atoms with van der Waals surface area (Å²) >= 11 is 0. The Morgan fingerprint density at radius 3 is 2.32 bits per heavy atom. The van der Waals surface area contributed by atoms with E-state index in [0.717, 1.165) is 16.5 Å². The van der Waals surface area contributed by atoms with Crippen LogP contribution in [0, 0.1) is 18.3 Å². The van der Waals surface area contributed by atoms with Gasteiger partial charge in [0.2, 0.25) is 5.91 Å². The van der Waals surface area contributed by atoms with Gasteiger partial charge in [-0.2, -0.15) is 5.26 Å². The molecule has 0 radical (unpaired) electrons. The Morgan fingerprint density at radius 2 is 1.62 bits per heavy atom. The Labute approximate surface area is 196 Å². The Bertz CT molecular complexity index is 1430. The molecule has 2 amide bonds. The number of hydrogen-bond donors (Lipinski definition) is 3. The fourth-order valence-corrected chi connectivity index (χ4v) is 3.56. The third-order valence-corrected chi connectivity index (χ3v) is 5.26. The van der Waals surface area contributed by atoms with Crippen molar-refractivity contribution in [1.82, 2.24) is 4.57 Å². The van der Waals surface area contributed by atoms with Gasteiger partial charge in [-0.1, -0.05) is 35.9 Å². The number of carbonyl (C=O) groups excluding carboxylic acids is 2. The normalized spacial score (nSPS) is 11.1. The summed E-state index contributed by atoms with van der Waals surface area (Å²) in [5.74, 6) is -0.680. The van der Waals surface area contributed by atoms with E-state index in [1.54, 1.807) is 22.9 Å². The third-order valence-electron chi connectivity index (χ3n) is 5.26. The molecule has 0 saturated carbocycles. The molecule has 0 saturated heterocycles. The second-order valence-electron chi connectivity index (χ2n) is 7.81. The summed E-state index contributed by atoms with van der Waals surface area (Å²) in [5, 5.41) is 25.3. The third kappa shape index (κ3) is 5.14. The van der Waals surface area contributed by atoms with Crippen LogP contribution < -0.4 is 10.6 Å². The van der Waals surface area contributed by atoms with Crippen molar-refractivity contribution >= 4 is 40.2 Å². The van der Waals surface area contributed by atoms with Crippen LogP contribution in [0.5, 0.6) is 5.75 Å². The average molecular weight is 450 g/mol. The number of fused-ring (bicyclic) bond motifs is 1. The maximum Gasteiger partial charge on any atom is 0.266 e. The largest absolute Gasteiger partial charge is 0.508 e. The Balaban J connectivity index is 1.58. The van der Waals surface area contributed by atoms with Crippen LogP contribution >= 0.6 is 0 Å². The minimum absolute atomic E-state index is 0.0732. The van der Waals surface area contributed by atoms with Crippen molar-refractivity contribution < 1.29 is 14.7 Å². The molecule has 0 bridgehead atoms. The van der Waals surface area contributed by atoms with Crippen molar-refractivity contribution in [1.29, 1.82) is 5.26 Å². The first-order valence-electron chi connectivity index (χ1n) is 10.6. The van der Waals surface area contributed by atoms with Crippen LogP contribution in [0.1, 0.15) is 11.1 Å². The molecule has 1 aromatic heterocycles. The van der Waals surface area contributed by atoms with Gasteiger partial charge in [-0.3, -0.25) is 9.59 Å². The summed E-state index contributed by atoms with van der Waals surface area (Å²) in [7, 11) is 0. The van der Waals surface area contributed by atoms with Crippen LogP contribution in [0.3, 0.4) is 0 Å². The van der Waals surface area contributed by atoms with E-state index in [4.69, 9.17) is 0 Å². The lowest BCUT2D eigenvalue weighted by molar-refractivity contribution is -0.116. The smallest absolute Gasteiger partial charge is 0.266 e. The lowest BCUT2D eigenvalue weighted by Gasteiger charge is -2.07. The Morgan fingerprint density at radius 1 is 0.971 bits per heavy atom. The van der Waals surface area contributed by atoms with Crippen LogP contribution in [0.25, 0.3) is 17.0 Å². The predicted octanol–water partition coefficient (Wildman–Crippen LogP) is 4.84. The van der Waals surface area contributed by atoms with E-state index in [-0.39, 0.29) is 23.8 Å². The number of carbonyl (C=O) groups is 2. The molecule has 0 aliphatic heterocycles. The van der Waals surface area contributed by atoms with E-state index in [1.807, 2.05) is 61.5 Å². The highest BCUT2D eigenvalue weighted by atomic mass is 16.3.